The summed E-state index contributed by atoms with van der Waals surface area (Å²) in [6.45, 7) is 10.2. The number of aryl methyl sites for hydroxylation is 4. The molecule has 0 spiro atoms. The number of pyridine rings is 1. The van der Waals surface area contributed by atoms with Gasteiger partial charge < -0.3 is 4.98 Å². The predicted molar refractivity (Wildman–Crippen MR) is 65.5 cm³/mol. The van der Waals surface area contributed by atoms with Crippen LogP contribution in [-0.2, 0) is 0 Å². The molecule has 0 saturated carbocycles. The van der Waals surface area contributed by atoms with Crippen LogP contribution in [0, 0.1) is 34.6 Å². The second kappa shape index (κ2) is 3.74. The van der Waals surface area contributed by atoms with E-state index in [1.54, 1.807) is 0 Å². The molecule has 2 aromatic rings. The van der Waals surface area contributed by atoms with Gasteiger partial charge in [0.1, 0.15) is 11.5 Å². The first-order valence-electron chi connectivity index (χ1n) is 5.47. The normalized spacial score (nSPS) is 10.8. The fourth-order valence-corrected chi connectivity index (χ4v) is 1.97. The molecule has 0 aliphatic heterocycles. The minimum atomic E-state index is 0.938. The van der Waals surface area contributed by atoms with Gasteiger partial charge in [-0.25, -0.2) is 4.98 Å². The molecule has 0 fully saturated rings. The van der Waals surface area contributed by atoms with E-state index in [2.05, 4.69) is 34.9 Å². The molecule has 0 aliphatic rings. The van der Waals surface area contributed by atoms with Crippen LogP contribution >= 0.6 is 0 Å². The highest BCUT2D eigenvalue weighted by Crippen LogP contribution is 2.25. The van der Waals surface area contributed by atoms with Crippen molar-refractivity contribution in [2.75, 3.05) is 0 Å². The smallest absolute Gasteiger partial charge is 0.110 e. The summed E-state index contributed by atoms with van der Waals surface area (Å²) >= 11 is 0. The highest BCUT2D eigenvalue weighted by molar-refractivity contribution is 5.63. The summed E-state index contributed by atoms with van der Waals surface area (Å²) in [4.78, 5) is 12.3. The molecule has 2 heterocycles. The molecular weight excluding hydrogens is 198 g/mol. The predicted octanol–water partition coefficient (Wildman–Crippen LogP) is 3.01. The number of H-pyrrole nitrogens is 1. The molecule has 0 amide bonds. The van der Waals surface area contributed by atoms with E-state index in [0.717, 1.165) is 28.6 Å². The molecule has 0 atom stereocenters. The molecular formula is C13H17N3. The first-order valence-corrected chi connectivity index (χ1v) is 5.47. The Bertz CT molecular complexity index is 538. The summed E-state index contributed by atoms with van der Waals surface area (Å²) in [5.41, 5.74) is 6.57. The molecule has 1 N–H and O–H groups in total. The van der Waals surface area contributed by atoms with Crippen LogP contribution in [-0.4, -0.2) is 15.0 Å². The van der Waals surface area contributed by atoms with Crippen LogP contribution in [0.15, 0.2) is 6.07 Å². The van der Waals surface area contributed by atoms with Crippen molar-refractivity contribution >= 4 is 0 Å². The summed E-state index contributed by atoms with van der Waals surface area (Å²) in [5, 5.41) is 0. The first kappa shape index (κ1) is 10.9. The van der Waals surface area contributed by atoms with E-state index >= 15 is 0 Å². The molecule has 84 valence electrons. The third-order valence-electron chi connectivity index (χ3n) is 2.89. The molecule has 2 rings (SSSR count). The Labute approximate surface area is 96.0 Å². The largest absolute Gasteiger partial charge is 0.346 e. The minimum absolute atomic E-state index is 0.938. The molecule has 3 heteroatoms. The second-order valence-electron chi connectivity index (χ2n) is 4.35. The molecule has 2 aromatic heterocycles. The van der Waals surface area contributed by atoms with Crippen LogP contribution in [0.3, 0.4) is 0 Å². The Morgan fingerprint density at radius 3 is 2.19 bits per heavy atom. The molecule has 0 unspecified atom stereocenters. The second-order valence-corrected chi connectivity index (χ2v) is 4.35. The fourth-order valence-electron chi connectivity index (χ4n) is 1.97. The zero-order chi connectivity index (χ0) is 11.9. The Hall–Kier alpha value is -1.64. The lowest BCUT2D eigenvalue weighted by Gasteiger charge is -2.08. The number of hydrogen-bond acceptors (Lipinski definition) is 2. The summed E-state index contributed by atoms with van der Waals surface area (Å²) in [7, 11) is 0. The Kier molecular flexibility index (Phi) is 2.54. The number of nitrogens with zero attached hydrogens (tertiary/aromatic N) is 2. The van der Waals surface area contributed by atoms with Crippen LogP contribution in [0.4, 0.5) is 0 Å². The van der Waals surface area contributed by atoms with Gasteiger partial charge in [-0.15, -0.1) is 0 Å². The van der Waals surface area contributed by atoms with Crippen LogP contribution < -0.4 is 0 Å². The van der Waals surface area contributed by atoms with Crippen molar-refractivity contribution in [1.82, 2.24) is 15.0 Å². The van der Waals surface area contributed by atoms with Gasteiger partial charge in [-0.2, -0.15) is 0 Å². The van der Waals surface area contributed by atoms with Gasteiger partial charge in [0.05, 0.1) is 5.69 Å². The number of nitrogens with one attached hydrogen (secondary N) is 1. The van der Waals surface area contributed by atoms with Gasteiger partial charge in [0, 0.05) is 11.4 Å². The standard InChI is InChI=1S/C13H17N3/c1-7-6-8(2)14-12(9(7)3)13-10(4)15-11(5)16-13/h6H,1-5H3,(H,15,16). The maximum absolute atomic E-state index is 4.60. The van der Waals surface area contributed by atoms with E-state index in [0.29, 0.717) is 0 Å². The maximum Gasteiger partial charge on any atom is 0.110 e. The van der Waals surface area contributed by atoms with E-state index < -0.39 is 0 Å². The zero-order valence-corrected chi connectivity index (χ0v) is 10.5. The Balaban J connectivity index is 2.68. The topological polar surface area (TPSA) is 41.6 Å². The highest BCUT2D eigenvalue weighted by Gasteiger charge is 2.12. The van der Waals surface area contributed by atoms with E-state index in [1.165, 1.54) is 11.1 Å². The average Bonchev–Trinajstić information content (AvgIpc) is 2.51. The fraction of sp³-hybridized carbons (Fsp3) is 0.385. The molecule has 0 aromatic carbocycles. The number of hydrogen-bond donors (Lipinski definition) is 1. The van der Waals surface area contributed by atoms with Crippen molar-refractivity contribution in [3.8, 4) is 11.4 Å². The maximum atomic E-state index is 4.60. The molecule has 0 bridgehead atoms. The third-order valence-corrected chi connectivity index (χ3v) is 2.89. The summed E-state index contributed by atoms with van der Waals surface area (Å²) in [6, 6.07) is 2.10. The molecule has 0 aliphatic carbocycles. The number of aromatic amines is 1. The Morgan fingerprint density at radius 2 is 1.62 bits per heavy atom. The molecule has 0 saturated heterocycles. The van der Waals surface area contributed by atoms with Crippen molar-refractivity contribution < 1.29 is 0 Å². The lowest BCUT2D eigenvalue weighted by Crippen LogP contribution is -1.96. The lowest BCUT2D eigenvalue weighted by atomic mass is 10.1. The van der Waals surface area contributed by atoms with Crippen LogP contribution in [0.5, 0.6) is 0 Å². The molecule has 3 nitrogen and oxygen atoms in total. The summed E-state index contributed by atoms with van der Waals surface area (Å²) in [6.07, 6.45) is 0. The zero-order valence-electron chi connectivity index (χ0n) is 10.5. The van der Waals surface area contributed by atoms with Crippen molar-refractivity contribution in [2.45, 2.75) is 34.6 Å². The average molecular weight is 215 g/mol. The highest BCUT2D eigenvalue weighted by atomic mass is 14.9. The number of rotatable bonds is 1. The molecule has 16 heavy (non-hydrogen) atoms. The minimum Gasteiger partial charge on any atom is -0.346 e. The Morgan fingerprint density at radius 1 is 0.938 bits per heavy atom. The van der Waals surface area contributed by atoms with Gasteiger partial charge in [0.15, 0.2) is 0 Å². The van der Waals surface area contributed by atoms with Gasteiger partial charge in [-0.1, -0.05) is 0 Å². The van der Waals surface area contributed by atoms with E-state index in [-0.39, 0.29) is 0 Å². The van der Waals surface area contributed by atoms with Crippen LogP contribution in [0.2, 0.25) is 0 Å². The molecule has 0 radical (unpaired) electrons. The van der Waals surface area contributed by atoms with Gasteiger partial charge in [-0.3, -0.25) is 4.98 Å². The van der Waals surface area contributed by atoms with E-state index in [9.17, 15) is 0 Å². The van der Waals surface area contributed by atoms with E-state index in [1.807, 2.05) is 20.8 Å². The third kappa shape index (κ3) is 1.73. The summed E-state index contributed by atoms with van der Waals surface area (Å²) in [5.74, 6) is 0.938. The van der Waals surface area contributed by atoms with Crippen molar-refractivity contribution in [3.63, 3.8) is 0 Å². The van der Waals surface area contributed by atoms with E-state index in [4.69, 9.17) is 0 Å². The SMILES string of the molecule is Cc1cc(C)c(C)c(-c2nc(C)[nH]c2C)n1. The van der Waals surface area contributed by atoms with Crippen molar-refractivity contribution in [2.24, 2.45) is 0 Å². The van der Waals surface area contributed by atoms with Crippen LogP contribution in [0.1, 0.15) is 28.3 Å². The first-order chi connectivity index (χ1) is 7.49. The van der Waals surface area contributed by atoms with Crippen molar-refractivity contribution in [3.05, 3.63) is 34.4 Å². The quantitative estimate of drug-likeness (QED) is 0.794. The van der Waals surface area contributed by atoms with Crippen molar-refractivity contribution in [1.29, 1.82) is 0 Å². The van der Waals surface area contributed by atoms with Gasteiger partial charge in [-0.05, 0) is 51.8 Å². The van der Waals surface area contributed by atoms with Gasteiger partial charge in [0.25, 0.3) is 0 Å². The van der Waals surface area contributed by atoms with Gasteiger partial charge in [0.2, 0.25) is 0 Å². The monoisotopic (exact) mass is 215 g/mol. The summed E-state index contributed by atoms with van der Waals surface area (Å²) < 4.78 is 0. The number of aromatic nitrogens is 3. The van der Waals surface area contributed by atoms with Gasteiger partial charge >= 0.3 is 0 Å². The lowest BCUT2D eigenvalue weighted by molar-refractivity contribution is 1.11. The van der Waals surface area contributed by atoms with Crippen LogP contribution in [0.25, 0.3) is 11.4 Å². The number of imidazole rings is 1.